The highest BCUT2D eigenvalue weighted by atomic mass is 16.3. The molecule has 2 heteroatoms. The van der Waals surface area contributed by atoms with E-state index in [1.807, 2.05) is 0 Å². The van der Waals surface area contributed by atoms with Crippen molar-refractivity contribution < 1.29 is 10.2 Å². The van der Waals surface area contributed by atoms with E-state index >= 15 is 0 Å². The van der Waals surface area contributed by atoms with Crippen LogP contribution in [-0.4, -0.2) is 22.4 Å². The van der Waals surface area contributed by atoms with E-state index in [0.29, 0.717) is 23.7 Å². The van der Waals surface area contributed by atoms with E-state index in [4.69, 9.17) is 0 Å². The van der Waals surface area contributed by atoms with Crippen molar-refractivity contribution in [1.29, 1.82) is 0 Å². The number of fused-ring (bicyclic) bond motifs is 4. The standard InChI is InChI=1S/C29H48O2/c1-18(2)8-12-24(30)19(3)21-10-11-22-20-9-13-25-27(4,5)26(31)15-17-29(25,7)23(20)14-16-28(21,22)6/h11,18-19,21,24-26,30-31H,8-10,12-17H2,1-7H3/t19-,21+,24?,25?,26?,28+,29+/m0/s1. The lowest BCUT2D eigenvalue weighted by Crippen LogP contribution is -2.53. The lowest BCUT2D eigenvalue weighted by molar-refractivity contribution is -0.0907. The van der Waals surface area contributed by atoms with Crippen LogP contribution in [0.25, 0.3) is 0 Å². The number of rotatable bonds is 5. The minimum absolute atomic E-state index is 0.00785. The first kappa shape index (κ1) is 23.6. The number of aliphatic hydroxyl groups excluding tert-OH is 2. The number of aliphatic hydroxyl groups is 2. The number of hydrogen-bond donors (Lipinski definition) is 2. The van der Waals surface area contributed by atoms with Crippen LogP contribution in [-0.2, 0) is 0 Å². The van der Waals surface area contributed by atoms with Crippen LogP contribution in [0, 0.1) is 39.9 Å². The average Bonchev–Trinajstić information content (AvgIpc) is 3.06. The molecule has 4 aliphatic rings. The van der Waals surface area contributed by atoms with Gasteiger partial charge in [-0.15, -0.1) is 0 Å². The van der Waals surface area contributed by atoms with Crippen molar-refractivity contribution in [2.45, 2.75) is 118 Å². The summed E-state index contributed by atoms with van der Waals surface area (Å²) in [5.41, 5.74) is 5.55. The Morgan fingerprint density at radius 2 is 1.68 bits per heavy atom. The minimum atomic E-state index is -0.179. The first-order valence-corrected chi connectivity index (χ1v) is 13.2. The second-order valence-corrected chi connectivity index (χ2v) is 13.1. The van der Waals surface area contributed by atoms with E-state index in [0.717, 1.165) is 32.1 Å². The lowest BCUT2D eigenvalue weighted by atomic mass is 9.46. The summed E-state index contributed by atoms with van der Waals surface area (Å²) in [5, 5.41) is 21.7. The Morgan fingerprint density at radius 1 is 0.968 bits per heavy atom. The van der Waals surface area contributed by atoms with Gasteiger partial charge in [-0.3, -0.25) is 0 Å². The van der Waals surface area contributed by atoms with Crippen LogP contribution in [0.1, 0.15) is 106 Å². The van der Waals surface area contributed by atoms with Gasteiger partial charge in [0.15, 0.2) is 0 Å². The summed E-state index contributed by atoms with van der Waals surface area (Å²) in [4.78, 5) is 0. The van der Waals surface area contributed by atoms with Gasteiger partial charge in [-0.1, -0.05) is 60.1 Å². The van der Waals surface area contributed by atoms with Crippen LogP contribution in [0.15, 0.2) is 22.8 Å². The Morgan fingerprint density at radius 3 is 2.35 bits per heavy atom. The van der Waals surface area contributed by atoms with E-state index in [1.54, 1.807) is 16.7 Å². The summed E-state index contributed by atoms with van der Waals surface area (Å²) >= 11 is 0. The van der Waals surface area contributed by atoms with Gasteiger partial charge in [0, 0.05) is 0 Å². The van der Waals surface area contributed by atoms with Gasteiger partial charge in [-0.25, -0.2) is 0 Å². The fourth-order valence-electron chi connectivity index (χ4n) is 8.55. The molecule has 4 aliphatic carbocycles. The molecule has 3 unspecified atom stereocenters. The molecule has 4 rings (SSSR count). The average molecular weight is 429 g/mol. The van der Waals surface area contributed by atoms with Crippen molar-refractivity contribution in [3.05, 3.63) is 22.8 Å². The SMILES string of the molecule is CC(C)CCC(O)[C@@H](C)[C@H]1CC=C2C3=C(CC[C@@]21C)[C@@]1(C)CCC(O)C(C)(C)C1CC3. The van der Waals surface area contributed by atoms with Crippen LogP contribution in [0.5, 0.6) is 0 Å². The van der Waals surface area contributed by atoms with Gasteiger partial charge in [0.1, 0.15) is 0 Å². The van der Waals surface area contributed by atoms with Crippen LogP contribution in [0.4, 0.5) is 0 Å². The van der Waals surface area contributed by atoms with Crippen molar-refractivity contribution in [3.63, 3.8) is 0 Å². The molecule has 0 heterocycles. The smallest absolute Gasteiger partial charge is 0.0594 e. The van der Waals surface area contributed by atoms with E-state index in [1.165, 1.54) is 25.7 Å². The number of allylic oxidation sites excluding steroid dienone is 4. The van der Waals surface area contributed by atoms with E-state index < -0.39 is 0 Å². The maximum atomic E-state index is 11.0. The zero-order valence-electron chi connectivity index (χ0n) is 21.3. The quantitative estimate of drug-likeness (QED) is 0.492. The van der Waals surface area contributed by atoms with Gasteiger partial charge in [-0.05, 0) is 109 Å². The fraction of sp³-hybridized carbons (Fsp3) is 0.862. The molecule has 31 heavy (non-hydrogen) atoms. The van der Waals surface area contributed by atoms with Crippen LogP contribution in [0.3, 0.4) is 0 Å². The molecule has 0 saturated heterocycles. The van der Waals surface area contributed by atoms with Gasteiger partial charge in [0.2, 0.25) is 0 Å². The van der Waals surface area contributed by atoms with E-state index in [9.17, 15) is 10.2 Å². The summed E-state index contributed by atoms with van der Waals surface area (Å²) in [6, 6.07) is 0. The first-order valence-electron chi connectivity index (χ1n) is 13.2. The van der Waals surface area contributed by atoms with E-state index in [2.05, 4.69) is 54.5 Å². The third-order valence-electron chi connectivity index (χ3n) is 10.7. The van der Waals surface area contributed by atoms with E-state index in [-0.39, 0.29) is 28.5 Å². The zero-order chi connectivity index (χ0) is 22.8. The zero-order valence-corrected chi connectivity index (χ0v) is 21.3. The molecule has 0 spiro atoms. The topological polar surface area (TPSA) is 40.5 Å². The van der Waals surface area contributed by atoms with Crippen LogP contribution >= 0.6 is 0 Å². The lowest BCUT2D eigenvalue weighted by Gasteiger charge is -2.59. The maximum absolute atomic E-state index is 11.0. The van der Waals surface area contributed by atoms with Gasteiger partial charge in [-0.2, -0.15) is 0 Å². The Balaban J connectivity index is 1.60. The van der Waals surface area contributed by atoms with Crippen molar-refractivity contribution in [3.8, 4) is 0 Å². The molecule has 1 fully saturated rings. The molecule has 0 radical (unpaired) electrons. The summed E-state index contributed by atoms with van der Waals surface area (Å²) in [7, 11) is 0. The van der Waals surface area contributed by atoms with Crippen molar-refractivity contribution in [1.82, 2.24) is 0 Å². The molecule has 2 nitrogen and oxygen atoms in total. The Kier molecular flexibility index (Phi) is 6.09. The third kappa shape index (κ3) is 3.59. The summed E-state index contributed by atoms with van der Waals surface area (Å²) < 4.78 is 0. The van der Waals surface area contributed by atoms with Crippen molar-refractivity contribution >= 4 is 0 Å². The van der Waals surface area contributed by atoms with Gasteiger partial charge in [0.05, 0.1) is 12.2 Å². The maximum Gasteiger partial charge on any atom is 0.0594 e. The highest BCUT2D eigenvalue weighted by molar-refractivity contribution is 5.49. The first-order chi connectivity index (χ1) is 14.4. The van der Waals surface area contributed by atoms with Gasteiger partial charge < -0.3 is 10.2 Å². The van der Waals surface area contributed by atoms with Crippen LogP contribution in [0.2, 0.25) is 0 Å². The molecule has 2 N–H and O–H groups in total. The largest absolute Gasteiger partial charge is 0.393 e. The molecule has 0 aliphatic heterocycles. The predicted molar refractivity (Wildman–Crippen MR) is 130 cm³/mol. The Bertz CT molecular complexity index is 759. The van der Waals surface area contributed by atoms with Gasteiger partial charge in [0.25, 0.3) is 0 Å². The summed E-state index contributed by atoms with van der Waals surface area (Å²) in [5.74, 6) is 2.16. The highest BCUT2D eigenvalue weighted by Crippen LogP contribution is 2.66. The van der Waals surface area contributed by atoms with Gasteiger partial charge >= 0.3 is 0 Å². The molecule has 0 aromatic rings. The monoisotopic (exact) mass is 428 g/mol. The normalized spacial score (nSPS) is 41.4. The molecule has 1 saturated carbocycles. The second-order valence-electron chi connectivity index (χ2n) is 13.1. The predicted octanol–water partition coefficient (Wildman–Crippen LogP) is 7.06. The molecule has 0 aromatic carbocycles. The third-order valence-corrected chi connectivity index (χ3v) is 10.7. The molecular formula is C29H48O2. The van der Waals surface area contributed by atoms with Crippen molar-refractivity contribution in [2.24, 2.45) is 39.9 Å². The Labute approximate surface area is 191 Å². The molecule has 176 valence electrons. The molecule has 0 aromatic heterocycles. The minimum Gasteiger partial charge on any atom is -0.393 e. The second kappa shape index (κ2) is 8.01. The van der Waals surface area contributed by atoms with Crippen molar-refractivity contribution in [2.75, 3.05) is 0 Å². The van der Waals surface area contributed by atoms with Crippen LogP contribution < -0.4 is 0 Å². The summed E-state index contributed by atoms with van der Waals surface area (Å²) in [6.45, 7) is 16.5. The molecule has 0 amide bonds. The molecule has 0 bridgehead atoms. The molecular weight excluding hydrogens is 380 g/mol. The fourth-order valence-corrected chi connectivity index (χ4v) is 8.55. The highest BCUT2D eigenvalue weighted by Gasteiger charge is 2.57. The number of hydrogen-bond acceptors (Lipinski definition) is 2. The Hall–Kier alpha value is -0.600. The summed E-state index contributed by atoms with van der Waals surface area (Å²) in [6.07, 6.45) is 12.3. The molecule has 7 atom stereocenters.